The Hall–Kier alpha value is -2.89. The Morgan fingerprint density at radius 1 is 0.963 bits per heavy atom. The van der Waals surface area contributed by atoms with Gasteiger partial charge in [0.1, 0.15) is 11.9 Å². The van der Waals surface area contributed by atoms with Crippen molar-refractivity contribution in [3.8, 4) is 5.75 Å². The average molecular weight is 378 g/mol. The van der Waals surface area contributed by atoms with Crippen LogP contribution in [0.5, 0.6) is 5.75 Å². The Morgan fingerprint density at radius 3 is 2.26 bits per heavy atom. The predicted octanol–water partition coefficient (Wildman–Crippen LogP) is 4.61. The number of anilines is 2. The first-order valence-corrected chi connectivity index (χ1v) is 9.01. The molecule has 0 bridgehead atoms. The van der Waals surface area contributed by atoms with E-state index in [-0.39, 0.29) is 0 Å². The number of nitrogens with one attached hydrogen (secondary N) is 1. The molecule has 0 radical (unpaired) electrons. The van der Waals surface area contributed by atoms with Gasteiger partial charge in [-0.2, -0.15) is 0 Å². The van der Waals surface area contributed by atoms with Gasteiger partial charge >= 0.3 is 0 Å². The number of methoxy groups -OCH3 is 1. The number of rotatable bonds is 5. The first-order valence-electron chi connectivity index (χ1n) is 8.61. The highest BCUT2D eigenvalue weighted by Crippen LogP contribution is 2.29. The summed E-state index contributed by atoms with van der Waals surface area (Å²) in [6, 6.07) is 24.9. The second-order valence-corrected chi connectivity index (χ2v) is 6.47. The van der Waals surface area contributed by atoms with Crippen molar-refractivity contribution in [2.75, 3.05) is 24.4 Å². The lowest BCUT2D eigenvalue weighted by Gasteiger charge is -2.23. The third-order valence-electron chi connectivity index (χ3n) is 4.38. The van der Waals surface area contributed by atoms with E-state index in [1.54, 1.807) is 7.11 Å². The van der Waals surface area contributed by atoms with Crippen LogP contribution >= 0.6 is 12.2 Å². The maximum absolute atomic E-state index is 10.9. The molecule has 3 rings (SSSR count). The van der Waals surface area contributed by atoms with Crippen LogP contribution in [0.3, 0.4) is 0 Å². The zero-order valence-electron chi connectivity index (χ0n) is 15.3. The van der Waals surface area contributed by atoms with Gasteiger partial charge < -0.3 is 20.1 Å². The van der Waals surface area contributed by atoms with E-state index >= 15 is 0 Å². The zero-order chi connectivity index (χ0) is 19.2. The van der Waals surface area contributed by atoms with Gasteiger partial charge in [0.25, 0.3) is 0 Å². The fraction of sp³-hybridized carbons (Fsp3) is 0.136. The molecular formula is C22H22N2O2S. The maximum atomic E-state index is 10.9. The molecule has 1 atom stereocenters. The molecule has 5 heteroatoms. The van der Waals surface area contributed by atoms with Gasteiger partial charge in [0.05, 0.1) is 7.11 Å². The lowest BCUT2D eigenvalue weighted by Crippen LogP contribution is -2.31. The van der Waals surface area contributed by atoms with E-state index in [2.05, 4.69) is 5.32 Å². The molecule has 2 N–H and O–H groups in total. The van der Waals surface area contributed by atoms with Crippen molar-refractivity contribution in [3.05, 3.63) is 90.0 Å². The summed E-state index contributed by atoms with van der Waals surface area (Å²) in [7, 11) is 3.53. The van der Waals surface area contributed by atoms with E-state index in [4.69, 9.17) is 17.0 Å². The average Bonchev–Trinajstić information content (AvgIpc) is 2.73. The highest BCUT2D eigenvalue weighted by atomic mass is 32.1. The topological polar surface area (TPSA) is 44.7 Å². The van der Waals surface area contributed by atoms with Gasteiger partial charge in [-0.1, -0.05) is 48.5 Å². The van der Waals surface area contributed by atoms with Crippen LogP contribution in [-0.4, -0.2) is 24.4 Å². The second kappa shape index (κ2) is 8.66. The molecule has 0 aromatic heterocycles. The summed E-state index contributed by atoms with van der Waals surface area (Å²) in [6.45, 7) is 0. The SMILES string of the molecule is COc1ccc(C(O)c2ccccc2NC(=S)N(C)c2ccccc2)cc1. The highest BCUT2D eigenvalue weighted by molar-refractivity contribution is 7.80. The van der Waals surface area contributed by atoms with Crippen molar-refractivity contribution in [1.82, 2.24) is 0 Å². The smallest absolute Gasteiger partial charge is 0.177 e. The maximum Gasteiger partial charge on any atom is 0.177 e. The van der Waals surface area contributed by atoms with Crippen molar-refractivity contribution in [2.24, 2.45) is 0 Å². The summed E-state index contributed by atoms with van der Waals surface area (Å²) in [5.74, 6) is 0.753. The number of thiocarbonyl (C=S) groups is 1. The van der Waals surface area contributed by atoms with Crippen molar-refractivity contribution >= 4 is 28.7 Å². The summed E-state index contributed by atoms with van der Waals surface area (Å²) in [5, 5.41) is 14.7. The molecule has 1 unspecified atom stereocenters. The number of ether oxygens (including phenoxy) is 1. The molecular weight excluding hydrogens is 356 g/mol. The number of para-hydroxylation sites is 2. The first kappa shape index (κ1) is 18.9. The van der Waals surface area contributed by atoms with E-state index in [1.165, 1.54) is 0 Å². The first-order chi connectivity index (χ1) is 13.1. The fourth-order valence-electron chi connectivity index (χ4n) is 2.78. The molecule has 4 nitrogen and oxygen atoms in total. The normalized spacial score (nSPS) is 11.5. The summed E-state index contributed by atoms with van der Waals surface area (Å²) in [6.07, 6.45) is -0.774. The van der Waals surface area contributed by atoms with E-state index in [0.717, 1.165) is 28.3 Å². The Morgan fingerprint density at radius 2 is 1.59 bits per heavy atom. The summed E-state index contributed by atoms with van der Waals surface area (Å²) >= 11 is 5.55. The van der Waals surface area contributed by atoms with Crippen molar-refractivity contribution in [3.63, 3.8) is 0 Å². The summed E-state index contributed by atoms with van der Waals surface area (Å²) in [4.78, 5) is 1.89. The Kier molecular flexibility index (Phi) is 6.06. The number of hydrogen-bond donors (Lipinski definition) is 2. The Labute approximate surface area is 165 Å². The summed E-state index contributed by atoms with van der Waals surface area (Å²) in [5.41, 5.74) is 3.30. The molecule has 0 aliphatic carbocycles. The van der Waals surface area contributed by atoms with E-state index in [9.17, 15) is 5.11 Å². The van der Waals surface area contributed by atoms with E-state index in [0.29, 0.717) is 5.11 Å². The van der Waals surface area contributed by atoms with Crippen LogP contribution in [0.15, 0.2) is 78.9 Å². The number of aliphatic hydroxyl groups excluding tert-OH is 1. The minimum Gasteiger partial charge on any atom is -0.497 e. The monoisotopic (exact) mass is 378 g/mol. The van der Waals surface area contributed by atoms with Gasteiger partial charge in [0.15, 0.2) is 5.11 Å². The van der Waals surface area contributed by atoms with Crippen LogP contribution in [0.2, 0.25) is 0 Å². The molecule has 0 saturated heterocycles. The van der Waals surface area contributed by atoms with Crippen LogP contribution in [0.1, 0.15) is 17.2 Å². The van der Waals surface area contributed by atoms with Crippen LogP contribution in [0.25, 0.3) is 0 Å². The zero-order valence-corrected chi connectivity index (χ0v) is 16.1. The molecule has 0 spiro atoms. The number of benzene rings is 3. The summed E-state index contributed by atoms with van der Waals surface area (Å²) < 4.78 is 5.18. The molecule has 138 valence electrons. The molecule has 0 aliphatic rings. The van der Waals surface area contributed by atoms with Crippen LogP contribution in [0.4, 0.5) is 11.4 Å². The predicted molar refractivity (Wildman–Crippen MR) is 115 cm³/mol. The third kappa shape index (κ3) is 4.45. The van der Waals surface area contributed by atoms with Crippen molar-refractivity contribution < 1.29 is 9.84 Å². The Bertz CT molecular complexity index is 898. The lowest BCUT2D eigenvalue weighted by molar-refractivity contribution is 0.221. The molecule has 27 heavy (non-hydrogen) atoms. The second-order valence-electron chi connectivity index (χ2n) is 6.09. The molecule has 0 aliphatic heterocycles. The van der Waals surface area contributed by atoms with Crippen LogP contribution in [-0.2, 0) is 0 Å². The van der Waals surface area contributed by atoms with Gasteiger partial charge in [0.2, 0.25) is 0 Å². The lowest BCUT2D eigenvalue weighted by atomic mass is 10.00. The fourth-order valence-corrected chi connectivity index (χ4v) is 3.00. The molecule has 3 aromatic rings. The van der Waals surface area contributed by atoms with Gasteiger partial charge in [-0.3, -0.25) is 0 Å². The minimum absolute atomic E-state index is 0.551. The van der Waals surface area contributed by atoms with Crippen molar-refractivity contribution in [1.29, 1.82) is 0 Å². The number of hydrogen-bond acceptors (Lipinski definition) is 3. The van der Waals surface area contributed by atoms with E-state index in [1.807, 2.05) is 90.8 Å². The van der Waals surface area contributed by atoms with Gasteiger partial charge in [-0.05, 0) is 48.1 Å². The molecule has 3 aromatic carbocycles. The molecule has 0 fully saturated rings. The van der Waals surface area contributed by atoms with Gasteiger partial charge in [-0.25, -0.2) is 0 Å². The van der Waals surface area contributed by atoms with Crippen LogP contribution in [0, 0.1) is 0 Å². The number of aliphatic hydroxyl groups is 1. The largest absolute Gasteiger partial charge is 0.497 e. The molecule has 0 heterocycles. The standard InChI is InChI=1S/C22H22N2O2S/c1-24(17-8-4-3-5-9-17)22(27)23-20-11-7-6-10-19(20)21(25)16-12-14-18(26-2)15-13-16/h3-15,21,25H,1-2H3,(H,23,27). The molecule has 0 saturated carbocycles. The quantitative estimate of drug-likeness (QED) is 0.635. The van der Waals surface area contributed by atoms with Crippen LogP contribution < -0.4 is 15.0 Å². The van der Waals surface area contributed by atoms with Gasteiger partial charge in [-0.15, -0.1) is 0 Å². The minimum atomic E-state index is -0.774. The highest BCUT2D eigenvalue weighted by Gasteiger charge is 2.16. The van der Waals surface area contributed by atoms with Crippen molar-refractivity contribution in [2.45, 2.75) is 6.10 Å². The third-order valence-corrected chi connectivity index (χ3v) is 4.75. The van der Waals surface area contributed by atoms with Gasteiger partial charge in [0, 0.05) is 24.0 Å². The van der Waals surface area contributed by atoms with E-state index < -0.39 is 6.10 Å². The number of nitrogens with zero attached hydrogens (tertiary/aromatic N) is 1. The Balaban J connectivity index is 1.82. The molecule has 0 amide bonds.